The first-order valence-electron chi connectivity index (χ1n) is 5.71. The van der Waals surface area contributed by atoms with E-state index in [1.807, 2.05) is 31.2 Å². The molecule has 0 bridgehead atoms. The summed E-state index contributed by atoms with van der Waals surface area (Å²) < 4.78 is 14.6. The Hall–Kier alpha value is -0.860. The fourth-order valence-corrected chi connectivity index (χ4v) is 2.61. The van der Waals surface area contributed by atoms with E-state index in [9.17, 15) is 4.39 Å². The summed E-state index contributed by atoms with van der Waals surface area (Å²) >= 11 is 9.67. The third-order valence-electron chi connectivity index (χ3n) is 2.96. The normalized spacial score (nSPS) is 12.4. The van der Waals surface area contributed by atoms with Crippen molar-refractivity contribution in [1.29, 1.82) is 0 Å². The first kappa shape index (κ1) is 13.6. The molecule has 0 fully saturated rings. The van der Waals surface area contributed by atoms with Gasteiger partial charge in [-0.3, -0.25) is 0 Å². The first-order valence-corrected chi connectivity index (χ1v) is 6.94. The monoisotopic (exact) mass is 326 g/mol. The number of halogens is 3. The van der Waals surface area contributed by atoms with Crippen molar-refractivity contribution < 1.29 is 4.39 Å². The Bertz CT molecular complexity index is 554. The molecule has 0 saturated heterocycles. The average Bonchev–Trinajstić information content (AvgIpc) is 2.35. The van der Waals surface area contributed by atoms with Crippen LogP contribution >= 0.6 is 27.5 Å². The molecule has 0 spiro atoms. The van der Waals surface area contributed by atoms with E-state index in [4.69, 9.17) is 11.6 Å². The summed E-state index contributed by atoms with van der Waals surface area (Å²) in [4.78, 5) is 0. The van der Waals surface area contributed by atoms with E-state index >= 15 is 0 Å². The molecular weight excluding hydrogens is 315 g/mol. The van der Waals surface area contributed by atoms with Gasteiger partial charge < -0.3 is 0 Å². The average molecular weight is 328 g/mol. The van der Waals surface area contributed by atoms with Gasteiger partial charge in [0.1, 0.15) is 5.82 Å². The Morgan fingerprint density at radius 1 is 1.22 bits per heavy atom. The standard InChI is InChI=1S/C15H13BrClF/c1-10-4-2-3-5-11(10)8-14(17)13-9-12(16)6-7-15(13)18/h2-7,9,14H,8H2,1H3. The van der Waals surface area contributed by atoms with Crippen LogP contribution in [0.15, 0.2) is 46.9 Å². The van der Waals surface area contributed by atoms with Gasteiger partial charge in [0.25, 0.3) is 0 Å². The number of benzene rings is 2. The summed E-state index contributed by atoms with van der Waals surface area (Å²) in [7, 11) is 0. The van der Waals surface area contributed by atoms with Gasteiger partial charge in [0, 0.05) is 10.0 Å². The minimum Gasteiger partial charge on any atom is -0.207 e. The van der Waals surface area contributed by atoms with Gasteiger partial charge in [-0.1, -0.05) is 40.2 Å². The topological polar surface area (TPSA) is 0 Å². The summed E-state index contributed by atoms with van der Waals surface area (Å²) in [6, 6.07) is 12.9. The molecule has 0 radical (unpaired) electrons. The van der Waals surface area contributed by atoms with E-state index in [1.165, 1.54) is 11.6 Å². The minimum absolute atomic E-state index is 0.258. The maximum atomic E-state index is 13.7. The third kappa shape index (κ3) is 3.12. The highest BCUT2D eigenvalue weighted by molar-refractivity contribution is 9.10. The second kappa shape index (κ2) is 5.85. The maximum absolute atomic E-state index is 13.7. The molecule has 0 aliphatic carbocycles. The molecular formula is C15H13BrClF. The molecule has 2 aromatic rings. The van der Waals surface area contributed by atoms with Gasteiger partial charge >= 0.3 is 0 Å². The molecule has 0 aliphatic heterocycles. The zero-order chi connectivity index (χ0) is 13.1. The fourth-order valence-electron chi connectivity index (χ4n) is 1.90. The highest BCUT2D eigenvalue weighted by atomic mass is 79.9. The van der Waals surface area contributed by atoms with Crippen molar-refractivity contribution in [2.45, 2.75) is 18.7 Å². The summed E-state index contributed by atoms with van der Waals surface area (Å²) in [6.45, 7) is 2.04. The van der Waals surface area contributed by atoms with Gasteiger partial charge in [0.05, 0.1) is 5.38 Å². The second-order valence-corrected chi connectivity index (χ2v) is 5.71. The molecule has 0 aliphatic rings. The van der Waals surface area contributed by atoms with Crippen molar-refractivity contribution in [3.8, 4) is 0 Å². The molecule has 0 heterocycles. The van der Waals surface area contributed by atoms with E-state index in [-0.39, 0.29) is 11.2 Å². The number of alkyl halides is 1. The summed E-state index contributed by atoms with van der Waals surface area (Å²) in [5.41, 5.74) is 2.87. The summed E-state index contributed by atoms with van der Waals surface area (Å²) in [5.74, 6) is -0.258. The van der Waals surface area contributed by atoms with Crippen LogP contribution in [0.4, 0.5) is 4.39 Å². The quantitative estimate of drug-likeness (QED) is 0.660. The van der Waals surface area contributed by atoms with Gasteiger partial charge in [-0.05, 0) is 42.7 Å². The molecule has 2 aromatic carbocycles. The first-order chi connectivity index (χ1) is 8.58. The lowest BCUT2D eigenvalue weighted by atomic mass is 10.00. The summed E-state index contributed by atoms with van der Waals surface area (Å²) in [6.07, 6.45) is 0.627. The van der Waals surface area contributed by atoms with Crippen molar-refractivity contribution in [3.05, 3.63) is 69.4 Å². The number of aryl methyl sites for hydroxylation is 1. The van der Waals surface area contributed by atoms with Crippen LogP contribution in [0.5, 0.6) is 0 Å². The van der Waals surface area contributed by atoms with Gasteiger partial charge in [0.2, 0.25) is 0 Å². The SMILES string of the molecule is Cc1ccccc1CC(Cl)c1cc(Br)ccc1F. The van der Waals surface area contributed by atoms with Crippen LogP contribution in [0.1, 0.15) is 22.1 Å². The van der Waals surface area contributed by atoms with E-state index in [2.05, 4.69) is 15.9 Å². The maximum Gasteiger partial charge on any atom is 0.127 e. The molecule has 94 valence electrons. The lowest BCUT2D eigenvalue weighted by Crippen LogP contribution is -2.00. The molecule has 0 saturated carbocycles. The second-order valence-electron chi connectivity index (χ2n) is 4.26. The van der Waals surface area contributed by atoms with Crippen molar-refractivity contribution in [3.63, 3.8) is 0 Å². The highest BCUT2D eigenvalue weighted by Crippen LogP contribution is 2.30. The number of rotatable bonds is 3. The van der Waals surface area contributed by atoms with Crippen LogP contribution in [0.25, 0.3) is 0 Å². The molecule has 0 aromatic heterocycles. The zero-order valence-electron chi connectivity index (χ0n) is 9.96. The van der Waals surface area contributed by atoms with Crippen LogP contribution in [-0.4, -0.2) is 0 Å². The largest absolute Gasteiger partial charge is 0.207 e. The zero-order valence-corrected chi connectivity index (χ0v) is 12.3. The predicted octanol–water partition coefficient (Wildman–Crippen LogP) is 5.42. The van der Waals surface area contributed by atoms with Crippen molar-refractivity contribution in [1.82, 2.24) is 0 Å². The van der Waals surface area contributed by atoms with Crippen molar-refractivity contribution in [2.75, 3.05) is 0 Å². The Balaban J connectivity index is 2.25. The molecule has 0 N–H and O–H groups in total. The van der Waals surface area contributed by atoms with Crippen LogP contribution in [0, 0.1) is 12.7 Å². The molecule has 18 heavy (non-hydrogen) atoms. The lowest BCUT2D eigenvalue weighted by molar-refractivity contribution is 0.605. The summed E-state index contributed by atoms with van der Waals surface area (Å²) in [5, 5.41) is -0.358. The molecule has 3 heteroatoms. The van der Waals surface area contributed by atoms with E-state index in [0.717, 1.165) is 10.0 Å². The van der Waals surface area contributed by atoms with Crippen LogP contribution < -0.4 is 0 Å². The molecule has 1 unspecified atom stereocenters. The third-order valence-corrected chi connectivity index (χ3v) is 3.84. The Morgan fingerprint density at radius 3 is 2.67 bits per heavy atom. The minimum atomic E-state index is -0.358. The van der Waals surface area contributed by atoms with Crippen LogP contribution in [-0.2, 0) is 6.42 Å². The number of hydrogen-bond donors (Lipinski definition) is 0. The molecule has 0 nitrogen and oxygen atoms in total. The van der Waals surface area contributed by atoms with Crippen molar-refractivity contribution in [2.24, 2.45) is 0 Å². The van der Waals surface area contributed by atoms with Gasteiger partial charge in [0.15, 0.2) is 0 Å². The molecule has 2 rings (SSSR count). The predicted molar refractivity (Wildman–Crippen MR) is 77.6 cm³/mol. The Labute approximate surface area is 120 Å². The van der Waals surface area contributed by atoms with Crippen molar-refractivity contribution >= 4 is 27.5 Å². The van der Waals surface area contributed by atoms with Gasteiger partial charge in [-0.2, -0.15) is 0 Å². The fraction of sp³-hybridized carbons (Fsp3) is 0.200. The Kier molecular flexibility index (Phi) is 4.41. The van der Waals surface area contributed by atoms with E-state index in [1.54, 1.807) is 12.1 Å². The van der Waals surface area contributed by atoms with Gasteiger partial charge in [-0.25, -0.2) is 4.39 Å². The number of hydrogen-bond acceptors (Lipinski definition) is 0. The smallest absolute Gasteiger partial charge is 0.127 e. The van der Waals surface area contributed by atoms with E-state index in [0.29, 0.717) is 12.0 Å². The van der Waals surface area contributed by atoms with Crippen LogP contribution in [0.3, 0.4) is 0 Å². The van der Waals surface area contributed by atoms with Crippen LogP contribution in [0.2, 0.25) is 0 Å². The Morgan fingerprint density at radius 2 is 1.94 bits per heavy atom. The molecule has 0 amide bonds. The molecule has 1 atom stereocenters. The highest BCUT2D eigenvalue weighted by Gasteiger charge is 2.15. The lowest BCUT2D eigenvalue weighted by Gasteiger charge is -2.13. The van der Waals surface area contributed by atoms with E-state index < -0.39 is 0 Å². The van der Waals surface area contributed by atoms with Gasteiger partial charge in [-0.15, -0.1) is 11.6 Å².